The van der Waals surface area contributed by atoms with Crippen LogP contribution in [0.15, 0.2) is 48.7 Å². The monoisotopic (exact) mass is 225 g/mol. The molecule has 86 valence electrons. The van der Waals surface area contributed by atoms with Crippen molar-refractivity contribution >= 4 is 5.78 Å². The molecular formula is C15H15NO. The van der Waals surface area contributed by atoms with Gasteiger partial charge in [-0.2, -0.15) is 0 Å². The SMILES string of the molecule is Cc1cccnc1CCC(=O)c1ccccc1. The number of carbonyl (C=O) groups excluding carboxylic acids is 1. The third-order valence-corrected chi connectivity index (χ3v) is 2.80. The van der Waals surface area contributed by atoms with Crippen molar-refractivity contribution in [2.24, 2.45) is 0 Å². The van der Waals surface area contributed by atoms with Gasteiger partial charge in [0.15, 0.2) is 5.78 Å². The van der Waals surface area contributed by atoms with E-state index in [-0.39, 0.29) is 5.78 Å². The van der Waals surface area contributed by atoms with Gasteiger partial charge in [-0.1, -0.05) is 36.4 Å². The Labute approximate surface area is 101 Å². The number of aromatic nitrogens is 1. The van der Waals surface area contributed by atoms with E-state index >= 15 is 0 Å². The number of carbonyl (C=O) groups is 1. The van der Waals surface area contributed by atoms with Crippen molar-refractivity contribution in [1.29, 1.82) is 0 Å². The Morgan fingerprint density at radius 2 is 1.88 bits per heavy atom. The molecule has 1 aromatic carbocycles. The van der Waals surface area contributed by atoms with E-state index in [0.717, 1.165) is 16.8 Å². The van der Waals surface area contributed by atoms with E-state index in [1.807, 2.05) is 49.4 Å². The predicted molar refractivity (Wildman–Crippen MR) is 68.1 cm³/mol. The van der Waals surface area contributed by atoms with Crippen molar-refractivity contribution in [3.05, 3.63) is 65.5 Å². The smallest absolute Gasteiger partial charge is 0.163 e. The first-order valence-corrected chi connectivity index (χ1v) is 5.76. The maximum Gasteiger partial charge on any atom is 0.163 e. The highest BCUT2D eigenvalue weighted by Gasteiger charge is 2.06. The highest BCUT2D eigenvalue weighted by Crippen LogP contribution is 2.09. The topological polar surface area (TPSA) is 30.0 Å². The summed E-state index contributed by atoms with van der Waals surface area (Å²) in [7, 11) is 0. The minimum Gasteiger partial charge on any atom is -0.294 e. The van der Waals surface area contributed by atoms with Crippen molar-refractivity contribution in [2.75, 3.05) is 0 Å². The van der Waals surface area contributed by atoms with Crippen LogP contribution >= 0.6 is 0 Å². The maximum atomic E-state index is 11.9. The van der Waals surface area contributed by atoms with Gasteiger partial charge in [0.05, 0.1) is 0 Å². The summed E-state index contributed by atoms with van der Waals surface area (Å²) in [5.74, 6) is 0.177. The molecule has 0 saturated carbocycles. The van der Waals surface area contributed by atoms with Gasteiger partial charge >= 0.3 is 0 Å². The molecule has 0 bridgehead atoms. The van der Waals surface area contributed by atoms with Crippen LogP contribution in [-0.2, 0) is 6.42 Å². The molecule has 2 heteroatoms. The molecule has 1 heterocycles. The minimum absolute atomic E-state index is 0.177. The Balaban J connectivity index is 2.00. The molecule has 0 amide bonds. The minimum atomic E-state index is 0.177. The summed E-state index contributed by atoms with van der Waals surface area (Å²) in [6, 6.07) is 13.3. The average Bonchev–Trinajstić information content (AvgIpc) is 2.38. The van der Waals surface area contributed by atoms with Crippen LogP contribution in [0, 0.1) is 6.92 Å². The number of nitrogens with zero attached hydrogens (tertiary/aromatic N) is 1. The van der Waals surface area contributed by atoms with Gasteiger partial charge in [-0.25, -0.2) is 0 Å². The molecule has 0 radical (unpaired) electrons. The third kappa shape index (κ3) is 3.00. The summed E-state index contributed by atoms with van der Waals surface area (Å²) in [4.78, 5) is 16.2. The lowest BCUT2D eigenvalue weighted by molar-refractivity contribution is 0.0982. The molecule has 0 N–H and O–H groups in total. The largest absolute Gasteiger partial charge is 0.294 e. The molecule has 17 heavy (non-hydrogen) atoms. The summed E-state index contributed by atoms with van der Waals surface area (Å²) in [6.07, 6.45) is 3.00. The van der Waals surface area contributed by atoms with Gasteiger partial charge < -0.3 is 0 Å². The molecular weight excluding hydrogens is 210 g/mol. The lowest BCUT2D eigenvalue weighted by Crippen LogP contribution is -2.03. The maximum absolute atomic E-state index is 11.9. The Kier molecular flexibility index (Phi) is 3.66. The zero-order valence-corrected chi connectivity index (χ0v) is 9.89. The number of pyridine rings is 1. The van der Waals surface area contributed by atoms with E-state index in [1.165, 1.54) is 0 Å². The molecule has 2 rings (SSSR count). The van der Waals surface area contributed by atoms with Crippen LogP contribution in [0.4, 0.5) is 0 Å². The molecule has 0 saturated heterocycles. The van der Waals surface area contributed by atoms with Crippen LogP contribution in [0.1, 0.15) is 28.0 Å². The first-order valence-electron chi connectivity index (χ1n) is 5.76. The molecule has 0 atom stereocenters. The fourth-order valence-corrected chi connectivity index (χ4v) is 1.78. The van der Waals surface area contributed by atoms with Crippen molar-refractivity contribution in [1.82, 2.24) is 4.98 Å². The van der Waals surface area contributed by atoms with Gasteiger partial charge in [-0.15, -0.1) is 0 Å². The van der Waals surface area contributed by atoms with Gasteiger partial charge in [-0.05, 0) is 25.0 Å². The van der Waals surface area contributed by atoms with Gasteiger partial charge in [0.2, 0.25) is 0 Å². The lowest BCUT2D eigenvalue weighted by Gasteiger charge is -2.03. The highest BCUT2D eigenvalue weighted by molar-refractivity contribution is 5.96. The van der Waals surface area contributed by atoms with Crippen LogP contribution < -0.4 is 0 Å². The fraction of sp³-hybridized carbons (Fsp3) is 0.200. The number of ketones is 1. The lowest BCUT2D eigenvalue weighted by atomic mass is 10.0. The Bertz CT molecular complexity index is 505. The summed E-state index contributed by atoms with van der Waals surface area (Å²) >= 11 is 0. The second-order valence-electron chi connectivity index (χ2n) is 4.06. The molecule has 0 aliphatic carbocycles. The molecule has 0 spiro atoms. The molecule has 1 aromatic heterocycles. The van der Waals surface area contributed by atoms with E-state index in [4.69, 9.17) is 0 Å². The summed E-state index contributed by atoms with van der Waals surface area (Å²) in [5.41, 5.74) is 2.94. The zero-order valence-electron chi connectivity index (χ0n) is 9.89. The van der Waals surface area contributed by atoms with E-state index in [9.17, 15) is 4.79 Å². The van der Waals surface area contributed by atoms with E-state index in [2.05, 4.69) is 4.98 Å². The summed E-state index contributed by atoms with van der Waals surface area (Å²) in [6.45, 7) is 2.02. The molecule has 2 nitrogen and oxygen atoms in total. The standard InChI is InChI=1S/C15H15NO/c1-12-6-5-11-16-14(12)9-10-15(17)13-7-3-2-4-8-13/h2-8,11H,9-10H2,1H3. The van der Waals surface area contributed by atoms with E-state index < -0.39 is 0 Å². The first-order chi connectivity index (χ1) is 8.27. The van der Waals surface area contributed by atoms with Crippen molar-refractivity contribution in [2.45, 2.75) is 19.8 Å². The van der Waals surface area contributed by atoms with Gasteiger partial charge in [0, 0.05) is 23.9 Å². The number of rotatable bonds is 4. The molecule has 0 aliphatic heterocycles. The number of hydrogen-bond donors (Lipinski definition) is 0. The van der Waals surface area contributed by atoms with E-state index in [1.54, 1.807) is 6.20 Å². The number of hydrogen-bond acceptors (Lipinski definition) is 2. The van der Waals surface area contributed by atoms with Crippen molar-refractivity contribution in [3.63, 3.8) is 0 Å². The Morgan fingerprint density at radius 3 is 2.59 bits per heavy atom. The van der Waals surface area contributed by atoms with Crippen LogP contribution in [0.25, 0.3) is 0 Å². The van der Waals surface area contributed by atoms with Crippen LogP contribution in [-0.4, -0.2) is 10.8 Å². The number of aryl methyl sites for hydroxylation is 2. The summed E-state index contributed by atoms with van der Waals surface area (Å²) < 4.78 is 0. The molecule has 0 aliphatic rings. The van der Waals surface area contributed by atoms with Crippen molar-refractivity contribution in [3.8, 4) is 0 Å². The van der Waals surface area contributed by atoms with E-state index in [0.29, 0.717) is 12.8 Å². The Hall–Kier alpha value is -1.96. The molecule has 2 aromatic rings. The van der Waals surface area contributed by atoms with Crippen LogP contribution in [0.3, 0.4) is 0 Å². The second kappa shape index (κ2) is 5.39. The second-order valence-corrected chi connectivity index (χ2v) is 4.06. The first kappa shape index (κ1) is 11.5. The van der Waals surface area contributed by atoms with Crippen LogP contribution in [0.5, 0.6) is 0 Å². The zero-order chi connectivity index (χ0) is 12.1. The van der Waals surface area contributed by atoms with Gasteiger partial charge in [-0.3, -0.25) is 9.78 Å². The number of benzene rings is 1. The molecule has 0 fully saturated rings. The van der Waals surface area contributed by atoms with Crippen LogP contribution in [0.2, 0.25) is 0 Å². The molecule has 0 unspecified atom stereocenters. The predicted octanol–water partition coefficient (Wildman–Crippen LogP) is 3.21. The Morgan fingerprint density at radius 1 is 1.12 bits per heavy atom. The van der Waals surface area contributed by atoms with Crippen molar-refractivity contribution < 1.29 is 4.79 Å². The quantitative estimate of drug-likeness (QED) is 0.748. The average molecular weight is 225 g/mol. The normalized spacial score (nSPS) is 10.2. The number of Topliss-reactive ketones (excluding diaryl/α,β-unsaturated/α-hetero) is 1. The third-order valence-electron chi connectivity index (χ3n) is 2.80. The summed E-state index contributed by atoms with van der Waals surface area (Å²) in [5, 5.41) is 0. The highest BCUT2D eigenvalue weighted by atomic mass is 16.1. The fourth-order valence-electron chi connectivity index (χ4n) is 1.78. The van der Waals surface area contributed by atoms with Gasteiger partial charge in [0.1, 0.15) is 0 Å². The van der Waals surface area contributed by atoms with Gasteiger partial charge in [0.25, 0.3) is 0 Å².